The third kappa shape index (κ3) is 3.08. The van der Waals surface area contributed by atoms with E-state index in [0.29, 0.717) is 0 Å². The molecular weight excluding hydrogens is 364 g/mol. The van der Waals surface area contributed by atoms with Gasteiger partial charge in [-0.3, -0.25) is 9.20 Å². The number of hydrogen-bond acceptors (Lipinski definition) is 5. The molecule has 0 aliphatic carbocycles. The summed E-state index contributed by atoms with van der Waals surface area (Å²) in [5.41, 5.74) is 5.32. The van der Waals surface area contributed by atoms with Crippen molar-refractivity contribution in [3.05, 3.63) is 53.1 Å². The molecule has 7 heteroatoms. The number of rotatable bonds is 4. The number of hydrogen-bond donors (Lipinski definition) is 1. The Bertz CT molecular complexity index is 1110. The van der Waals surface area contributed by atoms with Gasteiger partial charge in [0.2, 0.25) is 10.9 Å². The van der Waals surface area contributed by atoms with Gasteiger partial charge in [0.1, 0.15) is 0 Å². The van der Waals surface area contributed by atoms with Crippen LogP contribution in [-0.2, 0) is 4.79 Å². The lowest BCUT2D eigenvalue weighted by Gasteiger charge is -2.12. The van der Waals surface area contributed by atoms with E-state index in [4.69, 9.17) is 0 Å². The number of nitrogens with one attached hydrogen (secondary N) is 1. The minimum absolute atomic E-state index is 0.0404. The topological polar surface area (TPSA) is 59.3 Å². The molecule has 0 spiro atoms. The molecule has 0 fully saturated rings. The van der Waals surface area contributed by atoms with Crippen molar-refractivity contribution in [3.63, 3.8) is 0 Å². The number of thiazole rings is 1. The number of para-hydroxylation sites is 1. The van der Waals surface area contributed by atoms with E-state index in [-0.39, 0.29) is 11.7 Å². The monoisotopic (exact) mass is 382 g/mol. The summed E-state index contributed by atoms with van der Waals surface area (Å²) in [5.74, 6) is 0.249. The van der Waals surface area contributed by atoms with Gasteiger partial charge in [0, 0.05) is 5.69 Å². The number of aromatic nitrogens is 3. The lowest BCUT2D eigenvalue weighted by Crippen LogP contribution is -2.16. The van der Waals surface area contributed by atoms with Crippen LogP contribution in [0.3, 0.4) is 0 Å². The summed E-state index contributed by atoms with van der Waals surface area (Å²) in [4.78, 5) is 13.3. The number of anilines is 1. The van der Waals surface area contributed by atoms with Crippen molar-refractivity contribution in [3.8, 4) is 0 Å². The van der Waals surface area contributed by atoms with Gasteiger partial charge >= 0.3 is 0 Å². The van der Waals surface area contributed by atoms with Crippen LogP contribution in [0.2, 0.25) is 0 Å². The van der Waals surface area contributed by atoms with E-state index < -0.39 is 0 Å². The molecule has 4 aromatic rings. The van der Waals surface area contributed by atoms with Gasteiger partial charge in [0.25, 0.3) is 0 Å². The zero-order valence-electron chi connectivity index (χ0n) is 14.7. The van der Waals surface area contributed by atoms with E-state index in [1.165, 1.54) is 17.3 Å². The molecule has 0 aliphatic rings. The van der Waals surface area contributed by atoms with Crippen molar-refractivity contribution < 1.29 is 4.79 Å². The van der Waals surface area contributed by atoms with E-state index in [1.54, 1.807) is 11.3 Å². The van der Waals surface area contributed by atoms with E-state index in [2.05, 4.69) is 40.6 Å². The zero-order chi connectivity index (χ0) is 18.3. The highest BCUT2D eigenvalue weighted by molar-refractivity contribution is 7.99. The van der Waals surface area contributed by atoms with Gasteiger partial charge in [-0.1, -0.05) is 52.9 Å². The second-order valence-electron chi connectivity index (χ2n) is 6.28. The molecule has 1 N–H and O–H groups in total. The molecule has 26 heavy (non-hydrogen) atoms. The van der Waals surface area contributed by atoms with E-state index in [9.17, 15) is 4.79 Å². The molecule has 0 unspecified atom stereocenters. The quantitative estimate of drug-likeness (QED) is 0.524. The Labute approximate surface area is 159 Å². The van der Waals surface area contributed by atoms with Crippen LogP contribution >= 0.6 is 23.1 Å². The van der Waals surface area contributed by atoms with Gasteiger partial charge in [-0.2, -0.15) is 0 Å². The summed E-state index contributed by atoms with van der Waals surface area (Å²) < 4.78 is 3.18. The summed E-state index contributed by atoms with van der Waals surface area (Å²) in [5, 5.41) is 12.2. The number of benzene rings is 2. The summed E-state index contributed by atoms with van der Waals surface area (Å²) >= 11 is 3.00. The van der Waals surface area contributed by atoms with Crippen LogP contribution < -0.4 is 5.32 Å². The van der Waals surface area contributed by atoms with Crippen molar-refractivity contribution >= 4 is 49.9 Å². The Balaban J connectivity index is 1.53. The van der Waals surface area contributed by atoms with Crippen LogP contribution in [0.25, 0.3) is 15.2 Å². The molecule has 0 saturated carbocycles. The second kappa shape index (κ2) is 6.74. The maximum Gasteiger partial charge on any atom is 0.234 e. The number of aryl methyl sites for hydroxylation is 3. The maximum atomic E-state index is 12.4. The molecule has 0 atom stereocenters. The molecular formula is C19H18N4OS2. The average Bonchev–Trinajstić information content (AvgIpc) is 3.15. The van der Waals surface area contributed by atoms with Crippen molar-refractivity contribution in [2.24, 2.45) is 0 Å². The number of amides is 1. The molecule has 4 rings (SSSR count). The lowest BCUT2D eigenvalue weighted by molar-refractivity contribution is -0.113. The first-order valence-corrected chi connectivity index (χ1v) is 10.1. The summed E-state index contributed by atoms with van der Waals surface area (Å²) in [7, 11) is 0. The molecule has 0 bridgehead atoms. The van der Waals surface area contributed by atoms with Gasteiger partial charge in [0.15, 0.2) is 5.16 Å². The number of carbonyl (C=O) groups is 1. The average molecular weight is 383 g/mol. The van der Waals surface area contributed by atoms with Crippen LogP contribution in [-0.4, -0.2) is 26.3 Å². The second-order valence-corrected chi connectivity index (χ2v) is 8.23. The fraction of sp³-hybridized carbons (Fsp3) is 0.211. The van der Waals surface area contributed by atoms with Gasteiger partial charge in [-0.25, -0.2) is 0 Å². The predicted octanol–water partition coefficient (Wildman–Crippen LogP) is 4.60. The minimum atomic E-state index is -0.0404. The standard InChI is InChI=1S/C19H18N4OS2/c1-11-8-12(2)17(13(3)9-11)20-16(24)10-25-18-21-22-19-23(18)14-6-4-5-7-15(14)26-19/h4-9H,10H2,1-3H3,(H,20,24). The van der Waals surface area contributed by atoms with Crippen LogP contribution in [0.4, 0.5) is 5.69 Å². The molecule has 0 radical (unpaired) electrons. The molecule has 0 aliphatic heterocycles. The van der Waals surface area contributed by atoms with Crippen molar-refractivity contribution in [2.45, 2.75) is 25.9 Å². The Kier molecular flexibility index (Phi) is 4.42. The fourth-order valence-electron chi connectivity index (χ4n) is 3.13. The Morgan fingerprint density at radius 2 is 1.88 bits per heavy atom. The Morgan fingerprint density at radius 3 is 2.65 bits per heavy atom. The zero-order valence-corrected chi connectivity index (χ0v) is 16.4. The third-order valence-electron chi connectivity index (χ3n) is 4.18. The summed E-state index contributed by atoms with van der Waals surface area (Å²) in [6.07, 6.45) is 0. The molecule has 2 heterocycles. The predicted molar refractivity (Wildman–Crippen MR) is 108 cm³/mol. The maximum absolute atomic E-state index is 12.4. The van der Waals surface area contributed by atoms with Crippen molar-refractivity contribution in [1.29, 1.82) is 0 Å². The Morgan fingerprint density at radius 1 is 1.15 bits per heavy atom. The largest absolute Gasteiger partial charge is 0.325 e. The van der Waals surface area contributed by atoms with Gasteiger partial charge in [-0.15, -0.1) is 10.2 Å². The van der Waals surface area contributed by atoms with Crippen molar-refractivity contribution in [2.75, 3.05) is 11.1 Å². The fourth-order valence-corrected chi connectivity index (χ4v) is 4.90. The van der Waals surface area contributed by atoms with Crippen LogP contribution in [0.5, 0.6) is 0 Å². The highest BCUT2D eigenvalue weighted by Crippen LogP contribution is 2.29. The smallest absolute Gasteiger partial charge is 0.234 e. The first-order chi connectivity index (χ1) is 12.5. The number of thioether (sulfide) groups is 1. The van der Waals surface area contributed by atoms with Crippen LogP contribution in [0.1, 0.15) is 16.7 Å². The summed E-state index contributed by atoms with van der Waals surface area (Å²) in [6.45, 7) is 6.09. The molecule has 2 aromatic carbocycles. The molecule has 132 valence electrons. The molecule has 0 saturated heterocycles. The number of carbonyl (C=O) groups excluding carboxylic acids is 1. The first kappa shape index (κ1) is 17.1. The SMILES string of the molecule is Cc1cc(C)c(NC(=O)CSc2nnc3sc4ccccc4n23)c(C)c1. The van der Waals surface area contributed by atoms with Crippen LogP contribution in [0, 0.1) is 20.8 Å². The normalized spacial score (nSPS) is 11.3. The van der Waals surface area contributed by atoms with Gasteiger partial charge < -0.3 is 5.32 Å². The highest BCUT2D eigenvalue weighted by atomic mass is 32.2. The van der Waals surface area contributed by atoms with Gasteiger partial charge in [0.05, 0.1) is 16.0 Å². The molecule has 5 nitrogen and oxygen atoms in total. The Hall–Kier alpha value is -2.38. The third-order valence-corrected chi connectivity index (χ3v) is 6.13. The minimum Gasteiger partial charge on any atom is -0.325 e. The first-order valence-electron chi connectivity index (χ1n) is 8.26. The van der Waals surface area contributed by atoms with E-state index in [0.717, 1.165) is 37.1 Å². The number of fused-ring (bicyclic) bond motifs is 3. The number of nitrogens with zero attached hydrogens (tertiary/aromatic N) is 3. The highest BCUT2D eigenvalue weighted by Gasteiger charge is 2.15. The van der Waals surface area contributed by atoms with Crippen LogP contribution in [0.15, 0.2) is 41.6 Å². The van der Waals surface area contributed by atoms with Crippen molar-refractivity contribution in [1.82, 2.24) is 14.6 Å². The molecule has 1 amide bonds. The van der Waals surface area contributed by atoms with E-state index in [1.807, 2.05) is 36.4 Å². The molecule has 2 aromatic heterocycles. The van der Waals surface area contributed by atoms with Gasteiger partial charge in [-0.05, 0) is 44.0 Å². The summed E-state index contributed by atoms with van der Waals surface area (Å²) in [6, 6.07) is 12.3. The van der Waals surface area contributed by atoms with E-state index >= 15 is 0 Å². The lowest BCUT2D eigenvalue weighted by atomic mass is 10.1.